The molecule has 6 heteroatoms. The third-order valence-corrected chi connectivity index (χ3v) is 4.17. The van der Waals surface area contributed by atoms with Crippen LogP contribution >= 0.6 is 0 Å². The Morgan fingerprint density at radius 1 is 1.48 bits per heavy atom. The fourth-order valence-electron chi connectivity index (χ4n) is 2.73. The first-order valence-electron chi connectivity index (χ1n) is 7.19. The van der Waals surface area contributed by atoms with E-state index in [0.717, 1.165) is 19.5 Å². The van der Waals surface area contributed by atoms with E-state index in [-0.39, 0.29) is 11.6 Å². The summed E-state index contributed by atoms with van der Waals surface area (Å²) in [5, 5.41) is 13.8. The summed E-state index contributed by atoms with van der Waals surface area (Å²) in [4.78, 5) is 24.9. The fourth-order valence-corrected chi connectivity index (χ4v) is 2.73. The second-order valence-corrected chi connectivity index (χ2v) is 5.78. The van der Waals surface area contributed by atoms with E-state index in [4.69, 9.17) is 0 Å². The summed E-state index contributed by atoms with van der Waals surface area (Å²) < 4.78 is 0. The van der Waals surface area contributed by atoms with E-state index in [1.54, 1.807) is 24.1 Å². The second-order valence-electron chi connectivity index (χ2n) is 5.78. The van der Waals surface area contributed by atoms with Gasteiger partial charge in [-0.05, 0) is 30.4 Å². The number of nitrogens with one attached hydrogen (secondary N) is 1. The smallest absolute Gasteiger partial charge is 0.293 e. The number of carbonyl (C=O) groups is 1. The maximum absolute atomic E-state index is 12.5. The molecule has 1 aromatic carbocycles. The van der Waals surface area contributed by atoms with Crippen molar-refractivity contribution in [3.05, 3.63) is 33.9 Å². The fraction of sp³-hybridized carbons (Fsp3) is 0.533. The summed E-state index contributed by atoms with van der Waals surface area (Å²) in [6.45, 7) is 5.78. The number of nitrogens with zero attached hydrogens (tertiary/aromatic N) is 2. The van der Waals surface area contributed by atoms with Crippen molar-refractivity contribution in [3.63, 3.8) is 0 Å². The molecule has 1 N–H and O–H groups in total. The lowest BCUT2D eigenvalue weighted by Gasteiger charge is -2.18. The lowest BCUT2D eigenvalue weighted by atomic mass is 9.95. The van der Waals surface area contributed by atoms with Crippen molar-refractivity contribution >= 4 is 17.3 Å². The van der Waals surface area contributed by atoms with E-state index in [2.05, 4.69) is 19.2 Å². The molecule has 1 saturated heterocycles. The van der Waals surface area contributed by atoms with Gasteiger partial charge in [0.15, 0.2) is 0 Å². The highest BCUT2D eigenvalue weighted by Crippen LogP contribution is 2.28. The van der Waals surface area contributed by atoms with Gasteiger partial charge in [-0.3, -0.25) is 14.9 Å². The van der Waals surface area contributed by atoms with Crippen LogP contribution in [0.5, 0.6) is 0 Å². The highest BCUT2D eigenvalue weighted by molar-refractivity contribution is 5.96. The van der Waals surface area contributed by atoms with Crippen molar-refractivity contribution in [2.24, 2.45) is 11.8 Å². The van der Waals surface area contributed by atoms with Gasteiger partial charge in [0.2, 0.25) is 0 Å². The maximum Gasteiger partial charge on any atom is 0.293 e. The monoisotopic (exact) mass is 291 g/mol. The van der Waals surface area contributed by atoms with Crippen LogP contribution in [0, 0.1) is 22.0 Å². The zero-order valence-corrected chi connectivity index (χ0v) is 12.6. The molecule has 1 heterocycles. The van der Waals surface area contributed by atoms with Crippen molar-refractivity contribution in [2.45, 2.75) is 20.3 Å². The SMILES string of the molecule is CNc1ccc(C(=O)N2CCC(C(C)C)C2)cc1[N+](=O)[O-]. The molecular formula is C15H21N3O3. The quantitative estimate of drug-likeness (QED) is 0.683. The first-order chi connectivity index (χ1) is 9.93. The van der Waals surface area contributed by atoms with Crippen molar-refractivity contribution in [1.82, 2.24) is 4.90 Å². The molecule has 1 fully saturated rings. The van der Waals surface area contributed by atoms with E-state index < -0.39 is 4.92 Å². The van der Waals surface area contributed by atoms with Gasteiger partial charge in [0.05, 0.1) is 4.92 Å². The van der Waals surface area contributed by atoms with Crippen molar-refractivity contribution < 1.29 is 9.72 Å². The summed E-state index contributed by atoms with van der Waals surface area (Å²) in [6, 6.07) is 4.59. The number of benzene rings is 1. The van der Waals surface area contributed by atoms with Crippen LogP contribution in [0.15, 0.2) is 18.2 Å². The first kappa shape index (κ1) is 15.3. The largest absolute Gasteiger partial charge is 0.383 e. The molecule has 0 bridgehead atoms. The van der Waals surface area contributed by atoms with Crippen LogP contribution in [0.2, 0.25) is 0 Å². The topological polar surface area (TPSA) is 75.5 Å². The van der Waals surface area contributed by atoms with Gasteiger partial charge >= 0.3 is 0 Å². The average Bonchev–Trinajstić information content (AvgIpc) is 2.95. The predicted molar refractivity (Wildman–Crippen MR) is 81.5 cm³/mol. The Labute approximate surface area is 124 Å². The third-order valence-electron chi connectivity index (χ3n) is 4.17. The molecule has 1 unspecified atom stereocenters. The lowest BCUT2D eigenvalue weighted by Crippen LogP contribution is -2.29. The van der Waals surface area contributed by atoms with Gasteiger partial charge in [-0.2, -0.15) is 0 Å². The number of nitro benzene ring substituents is 1. The Hall–Kier alpha value is -2.11. The number of amides is 1. The minimum absolute atomic E-state index is 0.0667. The number of likely N-dealkylation sites (tertiary alicyclic amines) is 1. The number of rotatable bonds is 4. The van der Waals surface area contributed by atoms with E-state index in [9.17, 15) is 14.9 Å². The molecule has 0 aliphatic carbocycles. The van der Waals surface area contributed by atoms with Gasteiger partial charge in [-0.15, -0.1) is 0 Å². The standard InChI is InChI=1S/C15H21N3O3/c1-10(2)12-6-7-17(9-12)15(19)11-4-5-13(16-3)14(8-11)18(20)21/h4-5,8,10,12,16H,6-7,9H2,1-3H3. The Kier molecular flexibility index (Phi) is 4.45. The van der Waals surface area contributed by atoms with Gasteiger partial charge in [-0.25, -0.2) is 0 Å². The maximum atomic E-state index is 12.5. The minimum Gasteiger partial charge on any atom is -0.383 e. The van der Waals surface area contributed by atoms with Crippen LogP contribution in [0.25, 0.3) is 0 Å². The Morgan fingerprint density at radius 3 is 2.71 bits per heavy atom. The van der Waals surface area contributed by atoms with E-state index >= 15 is 0 Å². The second kappa shape index (κ2) is 6.11. The molecular weight excluding hydrogens is 270 g/mol. The summed E-state index contributed by atoms with van der Waals surface area (Å²) in [5.74, 6) is 0.938. The minimum atomic E-state index is -0.469. The number of hydrogen-bond donors (Lipinski definition) is 1. The summed E-state index contributed by atoms with van der Waals surface area (Å²) in [5.41, 5.74) is 0.728. The molecule has 6 nitrogen and oxygen atoms in total. The van der Waals surface area contributed by atoms with Crippen LogP contribution < -0.4 is 5.32 Å². The third kappa shape index (κ3) is 3.15. The molecule has 114 valence electrons. The van der Waals surface area contributed by atoms with Gasteiger partial charge in [-0.1, -0.05) is 13.8 Å². The van der Waals surface area contributed by atoms with Crippen molar-refractivity contribution in [2.75, 3.05) is 25.5 Å². The zero-order chi connectivity index (χ0) is 15.6. The van der Waals surface area contributed by atoms with E-state index in [0.29, 0.717) is 23.1 Å². The van der Waals surface area contributed by atoms with Crippen LogP contribution in [0.4, 0.5) is 11.4 Å². The summed E-state index contributed by atoms with van der Waals surface area (Å²) in [7, 11) is 1.62. The predicted octanol–water partition coefficient (Wildman–Crippen LogP) is 2.75. The first-order valence-corrected chi connectivity index (χ1v) is 7.19. The number of carbonyl (C=O) groups excluding carboxylic acids is 1. The Balaban J connectivity index is 2.20. The highest BCUT2D eigenvalue weighted by Gasteiger charge is 2.29. The van der Waals surface area contributed by atoms with Gasteiger partial charge in [0.25, 0.3) is 11.6 Å². The zero-order valence-electron chi connectivity index (χ0n) is 12.6. The number of anilines is 1. The molecule has 1 aliphatic rings. The normalized spacial score (nSPS) is 18.1. The number of hydrogen-bond acceptors (Lipinski definition) is 4. The molecule has 0 aromatic heterocycles. The molecule has 21 heavy (non-hydrogen) atoms. The van der Waals surface area contributed by atoms with Crippen LogP contribution in [0.3, 0.4) is 0 Å². The van der Waals surface area contributed by atoms with Crippen LogP contribution in [0.1, 0.15) is 30.6 Å². The molecule has 1 aliphatic heterocycles. The Morgan fingerprint density at radius 2 is 2.19 bits per heavy atom. The molecule has 1 amide bonds. The molecule has 1 aromatic rings. The van der Waals surface area contributed by atoms with Crippen molar-refractivity contribution in [3.8, 4) is 0 Å². The van der Waals surface area contributed by atoms with E-state index in [1.807, 2.05) is 0 Å². The molecule has 0 radical (unpaired) electrons. The molecule has 2 rings (SSSR count). The highest BCUT2D eigenvalue weighted by atomic mass is 16.6. The van der Waals surface area contributed by atoms with E-state index in [1.165, 1.54) is 6.07 Å². The molecule has 0 spiro atoms. The summed E-state index contributed by atoms with van der Waals surface area (Å²) >= 11 is 0. The molecule has 0 saturated carbocycles. The van der Waals surface area contributed by atoms with Crippen molar-refractivity contribution in [1.29, 1.82) is 0 Å². The van der Waals surface area contributed by atoms with Crippen LogP contribution in [-0.2, 0) is 0 Å². The van der Waals surface area contributed by atoms with Gasteiger partial charge < -0.3 is 10.2 Å². The lowest BCUT2D eigenvalue weighted by molar-refractivity contribution is -0.384. The number of nitro groups is 1. The van der Waals surface area contributed by atoms with Gasteiger partial charge in [0.1, 0.15) is 5.69 Å². The molecule has 1 atom stereocenters. The van der Waals surface area contributed by atoms with Gasteiger partial charge in [0, 0.05) is 31.8 Å². The average molecular weight is 291 g/mol. The van der Waals surface area contributed by atoms with Crippen LogP contribution in [-0.4, -0.2) is 35.9 Å². The Bertz CT molecular complexity index is 557. The summed E-state index contributed by atoms with van der Waals surface area (Å²) in [6.07, 6.45) is 1.00.